The van der Waals surface area contributed by atoms with Gasteiger partial charge in [-0.15, -0.1) is 0 Å². The number of aliphatic hydroxyl groups is 1. The monoisotopic (exact) mass is 322 g/mol. The second-order valence-corrected chi connectivity index (χ2v) is 7.63. The maximum absolute atomic E-state index is 9.29. The van der Waals surface area contributed by atoms with Gasteiger partial charge in [-0.1, -0.05) is 13.8 Å². The van der Waals surface area contributed by atoms with Gasteiger partial charge in [0.05, 0.1) is 31.2 Å². The second-order valence-electron chi connectivity index (χ2n) is 7.63. The van der Waals surface area contributed by atoms with Crippen molar-refractivity contribution in [3.63, 3.8) is 0 Å². The predicted molar refractivity (Wildman–Crippen MR) is 89.1 cm³/mol. The lowest BCUT2D eigenvalue weighted by Crippen LogP contribution is -2.46. The summed E-state index contributed by atoms with van der Waals surface area (Å²) in [6.45, 7) is 13.8. The quantitative estimate of drug-likeness (QED) is 0.874. The Morgan fingerprint density at radius 2 is 1.87 bits per heavy atom. The number of hydrogen-bond donors (Lipinski definition) is 1. The van der Waals surface area contributed by atoms with Gasteiger partial charge in [0.2, 0.25) is 0 Å². The highest BCUT2D eigenvalue weighted by atomic mass is 16.5. The summed E-state index contributed by atoms with van der Waals surface area (Å²) < 4.78 is 7.52. The molecule has 1 aromatic heterocycles. The number of hydrogen-bond acceptors (Lipinski definition) is 5. The normalized spacial score (nSPS) is 21.2. The van der Waals surface area contributed by atoms with E-state index in [-0.39, 0.29) is 12.0 Å². The Hall–Kier alpha value is -0.950. The highest BCUT2D eigenvalue weighted by Crippen LogP contribution is 2.23. The summed E-state index contributed by atoms with van der Waals surface area (Å²) in [6, 6.07) is 2.05. The van der Waals surface area contributed by atoms with E-state index < -0.39 is 0 Å². The summed E-state index contributed by atoms with van der Waals surface area (Å²) in [6.07, 6.45) is 1.12. The van der Waals surface area contributed by atoms with Crippen LogP contribution in [0.4, 0.5) is 0 Å². The molecule has 23 heavy (non-hydrogen) atoms. The van der Waals surface area contributed by atoms with Crippen molar-refractivity contribution in [2.24, 2.45) is 5.41 Å². The molecule has 0 amide bonds. The van der Waals surface area contributed by atoms with Gasteiger partial charge in [-0.2, -0.15) is 5.10 Å². The van der Waals surface area contributed by atoms with E-state index in [9.17, 15) is 5.11 Å². The Morgan fingerprint density at radius 3 is 2.61 bits per heavy atom. The Bertz CT molecular complexity index is 509. The number of aryl methyl sites for hydroxylation is 1. The SMILES string of the molecule is CC(C)(CN1CCOCC1)CN1CCCn2nc(CO)cc2C1. The fraction of sp³-hybridized carbons (Fsp3) is 0.824. The third kappa shape index (κ3) is 4.53. The third-order valence-electron chi connectivity index (χ3n) is 4.71. The summed E-state index contributed by atoms with van der Waals surface area (Å²) >= 11 is 0. The summed E-state index contributed by atoms with van der Waals surface area (Å²) in [5.41, 5.74) is 2.27. The average Bonchev–Trinajstić information content (AvgIpc) is 2.80. The Balaban J connectivity index is 1.59. The number of morpholine rings is 1. The van der Waals surface area contributed by atoms with Crippen LogP contribution in [-0.2, 0) is 24.4 Å². The van der Waals surface area contributed by atoms with E-state index in [0.29, 0.717) is 0 Å². The first-order chi connectivity index (χ1) is 11.1. The molecule has 130 valence electrons. The average molecular weight is 322 g/mol. The van der Waals surface area contributed by atoms with Crippen LogP contribution in [0.1, 0.15) is 31.7 Å². The fourth-order valence-electron chi connectivity index (χ4n) is 3.82. The minimum atomic E-state index is 0.0303. The van der Waals surface area contributed by atoms with Gasteiger partial charge < -0.3 is 9.84 Å². The first-order valence-electron chi connectivity index (χ1n) is 8.75. The van der Waals surface area contributed by atoms with Gasteiger partial charge in [-0.25, -0.2) is 0 Å². The Morgan fingerprint density at radius 1 is 1.13 bits per heavy atom. The van der Waals surface area contributed by atoms with Crippen molar-refractivity contribution in [2.45, 2.75) is 40.0 Å². The molecule has 2 aliphatic heterocycles. The lowest BCUT2D eigenvalue weighted by Gasteiger charge is -2.37. The molecule has 1 saturated heterocycles. The van der Waals surface area contributed by atoms with Gasteiger partial charge in [-0.05, 0) is 17.9 Å². The molecule has 3 rings (SSSR count). The molecular formula is C17H30N4O2. The predicted octanol–water partition coefficient (Wildman–Crippen LogP) is 0.940. The Labute approximate surface area is 139 Å². The molecule has 0 atom stereocenters. The van der Waals surface area contributed by atoms with Crippen molar-refractivity contribution in [2.75, 3.05) is 45.9 Å². The molecule has 2 aliphatic rings. The van der Waals surface area contributed by atoms with E-state index in [2.05, 4.69) is 33.4 Å². The summed E-state index contributed by atoms with van der Waals surface area (Å²) in [4.78, 5) is 5.07. The van der Waals surface area contributed by atoms with Crippen LogP contribution in [0.5, 0.6) is 0 Å². The highest BCUT2D eigenvalue weighted by molar-refractivity contribution is 5.10. The van der Waals surface area contributed by atoms with Crippen molar-refractivity contribution in [3.8, 4) is 0 Å². The van der Waals surface area contributed by atoms with Crippen molar-refractivity contribution in [1.82, 2.24) is 19.6 Å². The maximum Gasteiger partial charge on any atom is 0.0882 e. The van der Waals surface area contributed by atoms with Crippen LogP contribution >= 0.6 is 0 Å². The third-order valence-corrected chi connectivity index (χ3v) is 4.71. The molecule has 0 aliphatic carbocycles. The van der Waals surface area contributed by atoms with Crippen molar-refractivity contribution in [1.29, 1.82) is 0 Å². The van der Waals surface area contributed by atoms with E-state index in [1.807, 2.05) is 6.07 Å². The van der Waals surface area contributed by atoms with Gasteiger partial charge in [0.1, 0.15) is 0 Å². The molecule has 0 unspecified atom stereocenters. The topological polar surface area (TPSA) is 53.8 Å². The molecule has 0 spiro atoms. The minimum Gasteiger partial charge on any atom is -0.390 e. The molecule has 1 N–H and O–H groups in total. The molecule has 0 aromatic carbocycles. The van der Waals surface area contributed by atoms with Crippen molar-refractivity contribution >= 4 is 0 Å². The van der Waals surface area contributed by atoms with E-state index in [1.165, 1.54) is 5.69 Å². The fourth-order valence-corrected chi connectivity index (χ4v) is 3.82. The lowest BCUT2D eigenvalue weighted by molar-refractivity contribution is 0.0146. The van der Waals surface area contributed by atoms with Crippen LogP contribution in [-0.4, -0.2) is 70.6 Å². The molecular weight excluding hydrogens is 292 g/mol. The summed E-state index contributed by atoms with van der Waals surface area (Å²) in [5.74, 6) is 0. The number of aromatic nitrogens is 2. The zero-order valence-corrected chi connectivity index (χ0v) is 14.5. The Kier molecular flexibility index (Phi) is 5.36. The summed E-state index contributed by atoms with van der Waals surface area (Å²) in [7, 11) is 0. The van der Waals surface area contributed by atoms with Gasteiger partial charge in [0, 0.05) is 45.8 Å². The van der Waals surface area contributed by atoms with Crippen molar-refractivity contribution in [3.05, 3.63) is 17.5 Å². The first-order valence-corrected chi connectivity index (χ1v) is 8.75. The zero-order chi connectivity index (χ0) is 16.3. The smallest absolute Gasteiger partial charge is 0.0882 e. The van der Waals surface area contributed by atoms with Crippen molar-refractivity contribution < 1.29 is 9.84 Å². The number of ether oxygens (including phenoxy) is 1. The van der Waals surface area contributed by atoms with E-state index >= 15 is 0 Å². The van der Waals surface area contributed by atoms with E-state index in [0.717, 1.165) is 71.1 Å². The molecule has 0 saturated carbocycles. The van der Waals surface area contributed by atoms with Crippen LogP contribution in [0.2, 0.25) is 0 Å². The number of aliphatic hydroxyl groups excluding tert-OH is 1. The number of nitrogens with zero attached hydrogens (tertiary/aromatic N) is 4. The van der Waals surface area contributed by atoms with Crippen LogP contribution in [0, 0.1) is 5.41 Å². The molecule has 1 aromatic rings. The summed E-state index contributed by atoms with van der Waals surface area (Å²) in [5, 5.41) is 13.8. The van der Waals surface area contributed by atoms with Gasteiger partial charge in [-0.3, -0.25) is 14.5 Å². The van der Waals surface area contributed by atoms with Gasteiger partial charge in [0.15, 0.2) is 0 Å². The molecule has 0 radical (unpaired) electrons. The van der Waals surface area contributed by atoms with Crippen LogP contribution in [0.3, 0.4) is 0 Å². The van der Waals surface area contributed by atoms with E-state index in [4.69, 9.17) is 4.74 Å². The minimum absolute atomic E-state index is 0.0303. The highest BCUT2D eigenvalue weighted by Gasteiger charge is 2.27. The van der Waals surface area contributed by atoms with Gasteiger partial charge >= 0.3 is 0 Å². The first kappa shape index (κ1) is 16.9. The van der Waals surface area contributed by atoms with Crippen LogP contribution < -0.4 is 0 Å². The number of rotatable bonds is 5. The molecule has 0 bridgehead atoms. The number of fused-ring (bicyclic) bond motifs is 1. The second kappa shape index (κ2) is 7.30. The maximum atomic E-state index is 9.29. The lowest BCUT2D eigenvalue weighted by atomic mass is 9.91. The molecule has 6 heteroatoms. The van der Waals surface area contributed by atoms with Crippen LogP contribution in [0.25, 0.3) is 0 Å². The standard InChI is InChI=1S/C17H30N4O2/c1-17(2,13-19-6-8-23-9-7-19)14-20-4-3-5-21-16(11-20)10-15(12-22)18-21/h10,22H,3-9,11-14H2,1-2H3. The largest absolute Gasteiger partial charge is 0.390 e. The molecule has 6 nitrogen and oxygen atoms in total. The van der Waals surface area contributed by atoms with Gasteiger partial charge in [0.25, 0.3) is 0 Å². The zero-order valence-electron chi connectivity index (χ0n) is 14.5. The molecule has 3 heterocycles. The van der Waals surface area contributed by atoms with E-state index in [1.54, 1.807) is 0 Å². The van der Waals surface area contributed by atoms with Crippen LogP contribution in [0.15, 0.2) is 6.07 Å². The molecule has 1 fully saturated rings.